The predicted molar refractivity (Wildman–Crippen MR) is 170 cm³/mol. The average Bonchev–Trinajstić information content (AvgIpc) is 3.01. The summed E-state index contributed by atoms with van der Waals surface area (Å²) in [7, 11) is 1.67. The van der Waals surface area contributed by atoms with E-state index < -0.39 is 0 Å². The summed E-state index contributed by atoms with van der Waals surface area (Å²) in [6, 6.07) is 34.8. The Kier molecular flexibility index (Phi) is 7.45. The summed E-state index contributed by atoms with van der Waals surface area (Å²) in [5.74, 6) is 2.19. The minimum atomic E-state index is -0.180. The normalized spacial score (nSPS) is 12.2. The highest BCUT2D eigenvalue weighted by atomic mass is 16.5. The van der Waals surface area contributed by atoms with Crippen molar-refractivity contribution < 1.29 is 19.1 Å². The molecule has 0 saturated carbocycles. The van der Waals surface area contributed by atoms with Gasteiger partial charge in [-0.05, 0) is 90.6 Å². The molecular weight excluding hydrogens is 532 g/mol. The fourth-order valence-electron chi connectivity index (χ4n) is 5.70. The molecule has 1 aliphatic rings. The van der Waals surface area contributed by atoms with Gasteiger partial charge in [-0.1, -0.05) is 80.1 Å². The molecule has 0 atom stereocenters. The van der Waals surface area contributed by atoms with Gasteiger partial charge in [-0.2, -0.15) is 0 Å². The zero-order chi connectivity index (χ0) is 30.1. The van der Waals surface area contributed by atoms with Gasteiger partial charge in [0.05, 0.1) is 7.11 Å². The van der Waals surface area contributed by atoms with Crippen molar-refractivity contribution in [3.63, 3.8) is 0 Å². The first-order valence-electron chi connectivity index (χ1n) is 14.6. The fraction of sp³-hybridized carbons (Fsp3) is 0.179. The molecule has 1 aliphatic carbocycles. The Morgan fingerprint density at radius 3 is 1.37 bits per heavy atom. The molecule has 6 rings (SSSR count). The quantitative estimate of drug-likeness (QED) is 0.168. The summed E-state index contributed by atoms with van der Waals surface area (Å²) in [6.45, 7) is 6.40. The van der Waals surface area contributed by atoms with Crippen molar-refractivity contribution in [3.05, 3.63) is 159 Å². The van der Waals surface area contributed by atoms with E-state index in [0.29, 0.717) is 28.0 Å². The first-order valence-corrected chi connectivity index (χ1v) is 14.6. The molecule has 0 fully saturated rings. The number of rotatable bonds is 9. The molecule has 0 heterocycles. The molecule has 0 bridgehead atoms. The van der Waals surface area contributed by atoms with E-state index in [1.165, 1.54) is 11.1 Å². The van der Waals surface area contributed by atoms with Gasteiger partial charge in [-0.25, -0.2) is 0 Å². The van der Waals surface area contributed by atoms with E-state index in [1.54, 1.807) is 25.3 Å². The number of carbonyl (C=O) groups is 2. The molecule has 0 aliphatic heterocycles. The third-order valence-corrected chi connectivity index (χ3v) is 8.60. The number of methoxy groups -OCH3 is 1. The van der Waals surface area contributed by atoms with E-state index in [9.17, 15) is 9.59 Å². The van der Waals surface area contributed by atoms with Gasteiger partial charge in [-0.15, -0.1) is 0 Å². The van der Waals surface area contributed by atoms with Crippen molar-refractivity contribution in [1.29, 1.82) is 0 Å². The molecule has 0 aromatic heterocycles. The summed E-state index contributed by atoms with van der Waals surface area (Å²) in [5.41, 5.74) is 7.93. The minimum Gasteiger partial charge on any atom is -0.497 e. The molecule has 4 heteroatoms. The van der Waals surface area contributed by atoms with Crippen LogP contribution in [0.3, 0.4) is 0 Å². The first-order chi connectivity index (χ1) is 20.7. The Labute approximate surface area is 252 Å². The van der Waals surface area contributed by atoms with Crippen molar-refractivity contribution >= 4 is 11.6 Å². The van der Waals surface area contributed by atoms with Gasteiger partial charge in [0.2, 0.25) is 0 Å². The highest BCUT2D eigenvalue weighted by Gasteiger charge is 2.28. The molecule has 0 saturated heterocycles. The van der Waals surface area contributed by atoms with E-state index in [2.05, 4.69) is 38.1 Å². The zero-order valence-corrected chi connectivity index (χ0v) is 24.9. The van der Waals surface area contributed by atoms with Crippen molar-refractivity contribution in [2.45, 2.75) is 39.0 Å². The minimum absolute atomic E-state index is 0.00813. The van der Waals surface area contributed by atoms with Gasteiger partial charge in [-0.3, -0.25) is 9.59 Å². The average molecular weight is 567 g/mol. The van der Waals surface area contributed by atoms with Crippen LogP contribution in [0.15, 0.2) is 109 Å². The van der Waals surface area contributed by atoms with E-state index in [1.807, 2.05) is 73.7 Å². The summed E-state index contributed by atoms with van der Waals surface area (Å²) >= 11 is 0. The highest BCUT2D eigenvalue weighted by molar-refractivity contribution is 6.14. The van der Waals surface area contributed by atoms with Crippen molar-refractivity contribution in [3.8, 4) is 17.2 Å². The molecule has 0 amide bonds. The Morgan fingerprint density at radius 1 is 0.558 bits per heavy atom. The lowest BCUT2D eigenvalue weighted by Gasteiger charge is -2.26. The van der Waals surface area contributed by atoms with Crippen LogP contribution in [0.1, 0.15) is 73.5 Å². The molecule has 5 aromatic rings. The van der Waals surface area contributed by atoms with E-state index >= 15 is 0 Å². The number of benzene rings is 5. The second-order valence-corrected chi connectivity index (χ2v) is 11.6. The number of ketones is 2. The number of fused-ring (bicyclic) bond motifs is 1. The Bertz CT molecular complexity index is 1790. The van der Waals surface area contributed by atoms with E-state index in [-0.39, 0.29) is 17.0 Å². The van der Waals surface area contributed by atoms with Crippen LogP contribution >= 0.6 is 0 Å². The maximum Gasteiger partial charge on any atom is 0.193 e. The molecule has 43 heavy (non-hydrogen) atoms. The molecule has 214 valence electrons. The maximum absolute atomic E-state index is 13.5. The number of hydrogen-bond donors (Lipinski definition) is 0. The van der Waals surface area contributed by atoms with Gasteiger partial charge in [0.15, 0.2) is 11.6 Å². The molecular formula is C39H34O4. The van der Waals surface area contributed by atoms with Crippen LogP contribution in [-0.4, -0.2) is 18.7 Å². The smallest absolute Gasteiger partial charge is 0.193 e. The molecule has 4 nitrogen and oxygen atoms in total. The van der Waals surface area contributed by atoms with Gasteiger partial charge >= 0.3 is 0 Å². The van der Waals surface area contributed by atoms with Crippen LogP contribution in [0.4, 0.5) is 0 Å². The highest BCUT2D eigenvalue weighted by Crippen LogP contribution is 2.35. The number of aryl methyl sites for hydroxylation is 1. The lowest BCUT2D eigenvalue weighted by atomic mass is 9.78. The molecule has 0 radical (unpaired) electrons. The van der Waals surface area contributed by atoms with Crippen LogP contribution in [0.5, 0.6) is 17.2 Å². The summed E-state index contributed by atoms with van der Waals surface area (Å²) in [6.07, 6.45) is 1.62. The molecule has 0 unspecified atom stereocenters. The molecule has 0 spiro atoms. The number of hydrogen-bond acceptors (Lipinski definition) is 4. The van der Waals surface area contributed by atoms with Gasteiger partial charge in [0.1, 0.15) is 17.2 Å². The van der Waals surface area contributed by atoms with Gasteiger partial charge < -0.3 is 9.47 Å². The first kappa shape index (κ1) is 28.2. The number of carbonyl (C=O) groups excluding carboxylic acids is 2. The van der Waals surface area contributed by atoms with Crippen LogP contribution in [0.2, 0.25) is 0 Å². The molecule has 5 aromatic carbocycles. The van der Waals surface area contributed by atoms with Gasteiger partial charge in [0.25, 0.3) is 0 Å². The van der Waals surface area contributed by atoms with Crippen molar-refractivity contribution in [1.82, 2.24) is 0 Å². The van der Waals surface area contributed by atoms with Crippen molar-refractivity contribution in [2.75, 3.05) is 7.11 Å². The SMILES string of the molecule is COc1ccc(C(C)(C)c2ccc(Oc3ccc(C(=O)c4ccc(C(=O)c5ccc(C)cc5)c5c4CC5)cc3)cc2)cc1. The van der Waals surface area contributed by atoms with Crippen LogP contribution in [0, 0.1) is 6.92 Å². The third kappa shape index (κ3) is 5.49. The maximum atomic E-state index is 13.5. The summed E-state index contributed by atoms with van der Waals surface area (Å²) in [5, 5.41) is 0. The third-order valence-electron chi connectivity index (χ3n) is 8.60. The lowest BCUT2D eigenvalue weighted by Crippen LogP contribution is -2.20. The van der Waals surface area contributed by atoms with Gasteiger partial charge in [0, 0.05) is 27.7 Å². The predicted octanol–water partition coefficient (Wildman–Crippen LogP) is 8.68. The Morgan fingerprint density at radius 2 is 0.953 bits per heavy atom. The van der Waals surface area contributed by atoms with Crippen LogP contribution in [-0.2, 0) is 18.3 Å². The van der Waals surface area contributed by atoms with E-state index in [0.717, 1.165) is 41.0 Å². The second kappa shape index (κ2) is 11.4. The standard InChI is InChI=1S/C39H34O4/c1-25-5-7-26(8-6-25)37(40)35-23-24-36(34-22-21-33(34)35)38(41)27-9-15-31(16-10-27)43-32-19-13-29(14-20-32)39(2,3)28-11-17-30(42-4)18-12-28/h5-20,23-24H,21-22H2,1-4H3. The van der Waals surface area contributed by atoms with E-state index in [4.69, 9.17) is 9.47 Å². The lowest BCUT2D eigenvalue weighted by molar-refractivity contribution is 0.102. The monoisotopic (exact) mass is 566 g/mol. The topological polar surface area (TPSA) is 52.6 Å². The Balaban J connectivity index is 1.14. The van der Waals surface area contributed by atoms with Crippen molar-refractivity contribution in [2.24, 2.45) is 0 Å². The van der Waals surface area contributed by atoms with Crippen LogP contribution < -0.4 is 9.47 Å². The number of ether oxygens (including phenoxy) is 2. The fourth-order valence-corrected chi connectivity index (χ4v) is 5.70. The zero-order valence-electron chi connectivity index (χ0n) is 24.9. The largest absolute Gasteiger partial charge is 0.497 e. The summed E-state index contributed by atoms with van der Waals surface area (Å²) in [4.78, 5) is 26.6. The second-order valence-electron chi connectivity index (χ2n) is 11.6. The molecule has 0 N–H and O–H groups in total. The summed E-state index contributed by atoms with van der Waals surface area (Å²) < 4.78 is 11.4. The van der Waals surface area contributed by atoms with Crippen LogP contribution in [0.25, 0.3) is 0 Å². The Hall–Kier alpha value is -4.96.